The van der Waals surface area contributed by atoms with E-state index in [1.165, 1.54) is 6.07 Å². The summed E-state index contributed by atoms with van der Waals surface area (Å²) in [7, 11) is 0. The zero-order valence-corrected chi connectivity index (χ0v) is 15.1. The lowest BCUT2D eigenvalue weighted by Gasteiger charge is -2.23. The summed E-state index contributed by atoms with van der Waals surface area (Å²) in [6.45, 7) is 6.16. The molecule has 1 aliphatic rings. The number of nitrogens with one attached hydrogen (secondary N) is 3. The second-order valence-corrected chi connectivity index (χ2v) is 7.52. The fourth-order valence-corrected chi connectivity index (χ4v) is 2.89. The molecule has 142 valence electrons. The molecule has 1 aliphatic heterocycles. The van der Waals surface area contributed by atoms with Crippen molar-refractivity contribution in [2.45, 2.75) is 44.4 Å². The average molecular weight is 375 g/mol. The lowest BCUT2D eigenvalue weighted by molar-refractivity contribution is -0.137. The van der Waals surface area contributed by atoms with Crippen LogP contribution >= 0.6 is 0 Å². The number of hydrogen-bond acceptors (Lipinski definition) is 5. The number of pyridine rings is 1. The third kappa shape index (κ3) is 4.11. The molecular formula is C19H20F3N5. The minimum absolute atomic E-state index is 0.182. The molecule has 8 heteroatoms. The van der Waals surface area contributed by atoms with E-state index in [9.17, 15) is 18.4 Å². The zero-order valence-electron chi connectivity index (χ0n) is 15.1. The van der Waals surface area contributed by atoms with Crippen LogP contribution in [0.3, 0.4) is 0 Å². The van der Waals surface area contributed by atoms with Gasteiger partial charge in [0.1, 0.15) is 6.04 Å². The quantitative estimate of drug-likeness (QED) is 0.748. The Balaban J connectivity index is 2.07. The Morgan fingerprint density at radius 2 is 1.78 bits per heavy atom. The molecule has 0 aliphatic carbocycles. The Labute approximate surface area is 155 Å². The number of nitriles is 1. The fourth-order valence-electron chi connectivity index (χ4n) is 2.89. The van der Waals surface area contributed by atoms with E-state index in [-0.39, 0.29) is 11.5 Å². The third-order valence-electron chi connectivity index (χ3n) is 4.49. The Kier molecular flexibility index (Phi) is 4.95. The Morgan fingerprint density at radius 3 is 2.33 bits per heavy atom. The van der Waals surface area contributed by atoms with Crippen LogP contribution in [0.25, 0.3) is 11.3 Å². The summed E-state index contributed by atoms with van der Waals surface area (Å²) in [6, 6.07) is 9.58. The first kappa shape index (κ1) is 19.3. The van der Waals surface area contributed by atoms with Crippen LogP contribution in [0.4, 0.5) is 13.2 Å². The Morgan fingerprint density at radius 1 is 1.04 bits per heavy atom. The smallest absolute Gasteiger partial charge is 0.256 e. The molecule has 2 atom stereocenters. The van der Waals surface area contributed by atoms with Crippen molar-refractivity contribution < 1.29 is 13.2 Å². The summed E-state index contributed by atoms with van der Waals surface area (Å²) < 4.78 is 38.4. The van der Waals surface area contributed by atoms with E-state index >= 15 is 0 Å². The van der Waals surface area contributed by atoms with Crippen molar-refractivity contribution >= 4 is 0 Å². The molecule has 0 saturated carbocycles. The van der Waals surface area contributed by atoms with Gasteiger partial charge in [0.15, 0.2) is 0 Å². The van der Waals surface area contributed by atoms with Gasteiger partial charge >= 0.3 is 6.18 Å². The maximum absolute atomic E-state index is 12.8. The maximum Gasteiger partial charge on any atom is 0.417 e. The van der Waals surface area contributed by atoms with Gasteiger partial charge in [-0.3, -0.25) is 4.98 Å². The van der Waals surface area contributed by atoms with Gasteiger partial charge in [0.05, 0.1) is 23.4 Å². The monoisotopic (exact) mass is 375 g/mol. The number of benzene rings is 1. The van der Waals surface area contributed by atoms with E-state index in [1.54, 1.807) is 0 Å². The number of aromatic nitrogens is 1. The van der Waals surface area contributed by atoms with Crippen LogP contribution < -0.4 is 16.4 Å². The van der Waals surface area contributed by atoms with Gasteiger partial charge < -0.3 is 0 Å². The molecule has 1 fully saturated rings. The highest BCUT2D eigenvalue weighted by Gasteiger charge is 2.31. The largest absolute Gasteiger partial charge is 0.417 e. The van der Waals surface area contributed by atoms with Crippen LogP contribution in [0.5, 0.6) is 0 Å². The highest BCUT2D eigenvalue weighted by molar-refractivity contribution is 5.62. The third-order valence-corrected chi connectivity index (χ3v) is 4.49. The summed E-state index contributed by atoms with van der Waals surface area (Å²) in [5.41, 5.74) is 10.6. The van der Waals surface area contributed by atoms with Crippen LogP contribution in [-0.2, 0) is 11.6 Å². The molecule has 0 amide bonds. The predicted octanol–water partition coefficient (Wildman–Crippen LogP) is 3.61. The maximum atomic E-state index is 12.8. The summed E-state index contributed by atoms with van der Waals surface area (Å²) in [4.78, 5) is 4.01. The average Bonchev–Trinajstić information content (AvgIpc) is 3.09. The minimum atomic E-state index is -4.42. The van der Waals surface area contributed by atoms with E-state index in [0.717, 1.165) is 23.4 Å². The van der Waals surface area contributed by atoms with E-state index in [2.05, 4.69) is 48.2 Å². The molecule has 0 radical (unpaired) electrons. The Hall–Kier alpha value is -2.47. The zero-order chi connectivity index (χ0) is 19.8. The van der Waals surface area contributed by atoms with Crippen molar-refractivity contribution in [2.75, 3.05) is 0 Å². The normalized spacial score (nSPS) is 20.5. The molecule has 2 unspecified atom stereocenters. The molecule has 1 saturated heterocycles. The van der Waals surface area contributed by atoms with Gasteiger partial charge in [0.25, 0.3) is 0 Å². The highest BCUT2D eigenvalue weighted by Crippen LogP contribution is 2.33. The number of hydrazine groups is 2. The summed E-state index contributed by atoms with van der Waals surface area (Å²) in [6.07, 6.45) is -3.58. The molecule has 5 nitrogen and oxygen atoms in total. The molecule has 2 aromatic rings. The van der Waals surface area contributed by atoms with Crippen molar-refractivity contribution in [3.63, 3.8) is 0 Å². The van der Waals surface area contributed by atoms with Gasteiger partial charge in [-0.1, -0.05) is 26.8 Å². The van der Waals surface area contributed by atoms with Gasteiger partial charge in [0.2, 0.25) is 0 Å². The standard InChI is InChI=1S/C19H20F3N5/c1-18(2,3)14-7-11(15-5-4-13(10-24-15)19(20,21)22)6-12(8-14)17-16(9-23)25-27-26-17/h4-8,10,16-17,25-27H,1-3H3. The number of alkyl halides is 3. The van der Waals surface area contributed by atoms with Crippen molar-refractivity contribution in [1.29, 1.82) is 5.26 Å². The van der Waals surface area contributed by atoms with Crippen LogP contribution in [0.15, 0.2) is 36.5 Å². The molecule has 0 spiro atoms. The van der Waals surface area contributed by atoms with Crippen molar-refractivity contribution in [2.24, 2.45) is 0 Å². The molecule has 0 bridgehead atoms. The number of rotatable bonds is 2. The highest BCUT2D eigenvalue weighted by atomic mass is 19.4. The van der Waals surface area contributed by atoms with Gasteiger partial charge in [-0.05, 0) is 40.8 Å². The molecule has 1 aromatic heterocycles. The van der Waals surface area contributed by atoms with Gasteiger partial charge in [-0.15, -0.1) is 0 Å². The van der Waals surface area contributed by atoms with Crippen LogP contribution in [0.1, 0.15) is 43.5 Å². The van der Waals surface area contributed by atoms with E-state index < -0.39 is 17.8 Å². The summed E-state index contributed by atoms with van der Waals surface area (Å²) >= 11 is 0. The molecule has 3 N–H and O–H groups in total. The van der Waals surface area contributed by atoms with Crippen LogP contribution in [0, 0.1) is 11.3 Å². The van der Waals surface area contributed by atoms with Gasteiger partial charge in [-0.2, -0.15) is 24.0 Å². The van der Waals surface area contributed by atoms with Crippen molar-refractivity contribution in [3.8, 4) is 17.3 Å². The second-order valence-electron chi connectivity index (χ2n) is 7.52. The lowest BCUT2D eigenvalue weighted by atomic mass is 9.83. The first-order chi connectivity index (χ1) is 12.6. The van der Waals surface area contributed by atoms with Crippen LogP contribution in [-0.4, -0.2) is 11.0 Å². The molecule has 3 rings (SSSR count). The van der Waals surface area contributed by atoms with Crippen LogP contribution in [0.2, 0.25) is 0 Å². The minimum Gasteiger partial charge on any atom is -0.256 e. The number of nitrogens with zero attached hydrogens (tertiary/aromatic N) is 2. The fraction of sp³-hybridized carbons (Fsp3) is 0.368. The first-order valence-electron chi connectivity index (χ1n) is 8.44. The second kappa shape index (κ2) is 6.93. The predicted molar refractivity (Wildman–Crippen MR) is 94.9 cm³/mol. The van der Waals surface area contributed by atoms with Gasteiger partial charge in [0, 0.05) is 11.8 Å². The molecular weight excluding hydrogens is 355 g/mol. The van der Waals surface area contributed by atoms with Crippen molar-refractivity contribution in [3.05, 3.63) is 53.2 Å². The summed E-state index contributed by atoms with van der Waals surface area (Å²) in [5, 5.41) is 9.31. The topological polar surface area (TPSA) is 72.8 Å². The first-order valence-corrected chi connectivity index (χ1v) is 8.44. The molecule has 2 heterocycles. The van der Waals surface area contributed by atoms with Crippen molar-refractivity contribution in [1.82, 2.24) is 21.4 Å². The number of halogens is 3. The molecule has 27 heavy (non-hydrogen) atoms. The molecule has 1 aromatic carbocycles. The SMILES string of the molecule is CC(C)(C)c1cc(-c2ccc(C(F)(F)F)cn2)cc(C2NNNC2C#N)c1. The Bertz CT molecular complexity index is 863. The van der Waals surface area contributed by atoms with Gasteiger partial charge in [-0.25, -0.2) is 10.9 Å². The lowest BCUT2D eigenvalue weighted by Crippen LogP contribution is -2.32. The van der Waals surface area contributed by atoms with E-state index in [4.69, 9.17) is 0 Å². The number of hydrogen-bond donors (Lipinski definition) is 3. The van der Waals surface area contributed by atoms with E-state index in [0.29, 0.717) is 11.3 Å². The summed E-state index contributed by atoms with van der Waals surface area (Å²) in [5.74, 6) is 0. The van der Waals surface area contributed by atoms with E-state index in [1.807, 2.05) is 18.2 Å².